The smallest absolute Gasteiger partial charge is 0.423 e. The Morgan fingerprint density at radius 3 is 2.54 bits per heavy atom. The van der Waals surface area contributed by atoms with Crippen LogP contribution in [0, 0.1) is 0 Å². The number of nitrogens with one attached hydrogen (secondary N) is 1. The van der Waals surface area contributed by atoms with E-state index >= 15 is 0 Å². The first kappa shape index (κ1) is 17.6. The number of nitrogen functional groups attached to an aromatic ring is 1. The Morgan fingerprint density at radius 1 is 1.23 bits per heavy atom. The highest BCUT2D eigenvalue weighted by atomic mass is 19.4. The van der Waals surface area contributed by atoms with E-state index in [1.807, 2.05) is 0 Å². The molecule has 2 heterocycles. The zero-order chi connectivity index (χ0) is 18.7. The maximum atomic E-state index is 13.1. The normalized spacial score (nSPS) is 11.4. The average Bonchev–Trinajstić information content (AvgIpc) is 3.08. The molecular weight excluding hydrogens is 349 g/mol. The van der Waals surface area contributed by atoms with Crippen molar-refractivity contribution in [3.05, 3.63) is 48.5 Å². The van der Waals surface area contributed by atoms with E-state index in [4.69, 9.17) is 14.9 Å². The maximum absolute atomic E-state index is 13.1. The van der Waals surface area contributed by atoms with Gasteiger partial charge in [-0.25, -0.2) is 4.98 Å². The fraction of sp³-hybridized carbons (Fsp3) is 0.176. The van der Waals surface area contributed by atoms with Crippen LogP contribution in [-0.4, -0.2) is 16.6 Å². The molecule has 0 unspecified atom stereocenters. The van der Waals surface area contributed by atoms with Crippen molar-refractivity contribution in [3.63, 3.8) is 0 Å². The molecule has 1 aromatic carbocycles. The fourth-order valence-electron chi connectivity index (χ4n) is 2.35. The first-order chi connectivity index (χ1) is 12.4. The zero-order valence-corrected chi connectivity index (χ0v) is 13.7. The quantitative estimate of drug-likeness (QED) is 0.694. The molecule has 0 spiro atoms. The Morgan fingerprint density at radius 2 is 1.96 bits per heavy atom. The van der Waals surface area contributed by atoms with Gasteiger partial charge in [-0.05, 0) is 31.2 Å². The maximum Gasteiger partial charge on any atom is 0.423 e. The molecule has 0 aliphatic carbocycles. The molecule has 26 heavy (non-hydrogen) atoms. The van der Waals surface area contributed by atoms with Gasteiger partial charge in [0.15, 0.2) is 12.2 Å². The van der Waals surface area contributed by atoms with Crippen molar-refractivity contribution in [1.29, 1.82) is 0 Å². The number of aromatic nitrogens is 2. The second-order valence-corrected chi connectivity index (χ2v) is 5.28. The zero-order valence-electron chi connectivity index (χ0n) is 13.7. The molecule has 0 aliphatic heterocycles. The number of halogens is 3. The van der Waals surface area contributed by atoms with E-state index in [0.717, 1.165) is 11.6 Å². The van der Waals surface area contributed by atoms with Gasteiger partial charge in [0.05, 0.1) is 18.5 Å². The van der Waals surface area contributed by atoms with Crippen LogP contribution in [0.5, 0.6) is 5.88 Å². The largest absolute Gasteiger partial charge is 0.477 e. The number of benzene rings is 1. The molecule has 0 atom stereocenters. The third kappa shape index (κ3) is 3.71. The number of rotatable bonds is 5. The van der Waals surface area contributed by atoms with Crippen molar-refractivity contribution in [1.82, 2.24) is 9.97 Å². The Hall–Kier alpha value is -3.23. The fourth-order valence-corrected chi connectivity index (χ4v) is 2.35. The van der Waals surface area contributed by atoms with Gasteiger partial charge in [0.1, 0.15) is 11.4 Å². The van der Waals surface area contributed by atoms with Crippen LogP contribution in [0.25, 0.3) is 11.3 Å². The van der Waals surface area contributed by atoms with Crippen molar-refractivity contribution >= 4 is 17.2 Å². The molecule has 3 N–H and O–H groups in total. The number of nitrogens with two attached hydrogens (primary N) is 1. The molecule has 136 valence electrons. The Kier molecular flexibility index (Phi) is 4.70. The predicted molar refractivity (Wildman–Crippen MR) is 90.0 cm³/mol. The number of pyridine rings is 1. The summed E-state index contributed by atoms with van der Waals surface area (Å²) in [6.07, 6.45) is -1.75. The van der Waals surface area contributed by atoms with Crippen molar-refractivity contribution in [3.8, 4) is 17.2 Å². The molecular formula is C17H15F3N4O2. The summed E-state index contributed by atoms with van der Waals surface area (Å²) in [6.45, 7) is 1.60. The SMILES string of the molecule is CCOc1nc(Nc2ccc(-c3cnco3)cc2)cc(N)c1C(F)(F)F. The molecule has 0 bridgehead atoms. The molecule has 0 radical (unpaired) electrons. The van der Waals surface area contributed by atoms with Crippen LogP contribution in [-0.2, 0) is 6.18 Å². The van der Waals surface area contributed by atoms with E-state index in [0.29, 0.717) is 11.4 Å². The summed E-state index contributed by atoms with van der Waals surface area (Å²) in [5.41, 5.74) is 5.46. The van der Waals surface area contributed by atoms with Crippen molar-refractivity contribution in [2.24, 2.45) is 0 Å². The first-order valence-corrected chi connectivity index (χ1v) is 7.65. The van der Waals surface area contributed by atoms with Gasteiger partial charge in [0.2, 0.25) is 5.88 Å². The van der Waals surface area contributed by atoms with Crippen LogP contribution in [0.1, 0.15) is 12.5 Å². The second-order valence-electron chi connectivity index (χ2n) is 5.28. The number of ether oxygens (including phenoxy) is 1. The summed E-state index contributed by atoms with van der Waals surface area (Å²) in [5.74, 6) is 0.194. The van der Waals surface area contributed by atoms with Gasteiger partial charge in [0, 0.05) is 17.3 Å². The second kappa shape index (κ2) is 6.95. The number of oxazole rings is 1. The highest BCUT2D eigenvalue weighted by Crippen LogP contribution is 2.40. The first-order valence-electron chi connectivity index (χ1n) is 7.65. The summed E-state index contributed by atoms with van der Waals surface area (Å²) in [4.78, 5) is 7.74. The highest BCUT2D eigenvalue weighted by molar-refractivity contribution is 5.67. The van der Waals surface area contributed by atoms with Gasteiger partial charge < -0.3 is 20.2 Å². The number of hydrogen-bond acceptors (Lipinski definition) is 6. The Labute approximate surface area is 146 Å². The standard InChI is InChI=1S/C17H15F3N4O2/c1-2-25-16-15(17(18,19)20)12(21)7-14(24-16)23-11-5-3-10(4-6-11)13-8-22-9-26-13/h3-9H,2H2,1H3,(H3,21,23,24). The van der Waals surface area contributed by atoms with Gasteiger partial charge in [-0.1, -0.05) is 0 Å². The molecule has 0 fully saturated rings. The minimum absolute atomic E-state index is 0.0326. The monoisotopic (exact) mass is 364 g/mol. The van der Waals surface area contributed by atoms with Crippen molar-refractivity contribution < 1.29 is 22.3 Å². The lowest BCUT2D eigenvalue weighted by Crippen LogP contribution is -2.14. The lowest BCUT2D eigenvalue weighted by molar-refractivity contribution is -0.138. The number of alkyl halides is 3. The van der Waals surface area contributed by atoms with Gasteiger partial charge >= 0.3 is 6.18 Å². The van der Waals surface area contributed by atoms with Crippen LogP contribution in [0.15, 0.2) is 47.3 Å². The highest BCUT2D eigenvalue weighted by Gasteiger charge is 2.38. The third-order valence-corrected chi connectivity index (χ3v) is 3.46. The van der Waals surface area contributed by atoms with E-state index in [2.05, 4.69) is 15.3 Å². The molecule has 0 saturated carbocycles. The molecule has 0 amide bonds. The van der Waals surface area contributed by atoms with Gasteiger partial charge in [0.25, 0.3) is 0 Å². The average molecular weight is 364 g/mol. The topological polar surface area (TPSA) is 86.2 Å². The van der Waals surface area contributed by atoms with E-state index in [-0.39, 0.29) is 12.4 Å². The van der Waals surface area contributed by atoms with E-state index in [1.54, 1.807) is 37.4 Å². The minimum atomic E-state index is -4.65. The van der Waals surface area contributed by atoms with E-state index in [9.17, 15) is 13.2 Å². The number of hydrogen-bond donors (Lipinski definition) is 2. The van der Waals surface area contributed by atoms with Crippen molar-refractivity contribution in [2.75, 3.05) is 17.7 Å². The molecule has 6 nitrogen and oxygen atoms in total. The summed E-state index contributed by atoms with van der Waals surface area (Å²) >= 11 is 0. The lowest BCUT2D eigenvalue weighted by Gasteiger charge is -2.16. The van der Waals surface area contributed by atoms with Gasteiger partial charge in [-0.2, -0.15) is 18.2 Å². The predicted octanol–water partition coefficient (Wildman–Crippen LogP) is 4.48. The van der Waals surface area contributed by atoms with E-state index in [1.165, 1.54) is 6.39 Å². The summed E-state index contributed by atoms with van der Waals surface area (Å²) in [5, 5.41) is 2.91. The third-order valence-electron chi connectivity index (χ3n) is 3.46. The molecule has 0 aliphatic rings. The summed E-state index contributed by atoms with van der Waals surface area (Å²) < 4.78 is 49.6. The van der Waals surface area contributed by atoms with Crippen LogP contribution >= 0.6 is 0 Å². The van der Waals surface area contributed by atoms with E-state index < -0.39 is 23.3 Å². The molecule has 2 aromatic heterocycles. The number of anilines is 3. The molecule has 3 aromatic rings. The number of nitrogens with zero attached hydrogens (tertiary/aromatic N) is 2. The van der Waals surface area contributed by atoms with Crippen LogP contribution in [0.4, 0.5) is 30.4 Å². The van der Waals surface area contributed by atoms with Crippen molar-refractivity contribution in [2.45, 2.75) is 13.1 Å². The van der Waals surface area contributed by atoms with Gasteiger partial charge in [-0.15, -0.1) is 0 Å². The molecule has 3 rings (SSSR count). The van der Waals surface area contributed by atoms with Crippen LogP contribution in [0.3, 0.4) is 0 Å². The van der Waals surface area contributed by atoms with Crippen LogP contribution in [0.2, 0.25) is 0 Å². The minimum Gasteiger partial charge on any atom is -0.477 e. The lowest BCUT2D eigenvalue weighted by atomic mass is 10.1. The summed E-state index contributed by atoms with van der Waals surface area (Å²) in [6, 6.07) is 8.14. The van der Waals surface area contributed by atoms with Crippen LogP contribution < -0.4 is 15.8 Å². The molecule has 0 saturated heterocycles. The molecule has 9 heteroatoms. The Balaban J connectivity index is 1.88. The van der Waals surface area contributed by atoms with Gasteiger partial charge in [-0.3, -0.25) is 0 Å². The Bertz CT molecular complexity index is 878. The summed E-state index contributed by atoms with van der Waals surface area (Å²) in [7, 11) is 0.